The fraction of sp³-hybridized carbons (Fsp3) is 0.500. The van der Waals surface area contributed by atoms with E-state index in [1.54, 1.807) is 0 Å². The van der Waals surface area contributed by atoms with E-state index in [1.165, 1.54) is 0 Å². The molecule has 0 aliphatic heterocycles. The molecule has 0 saturated carbocycles. The number of aliphatic hydroxyl groups is 1. The molecule has 1 nitrogen and oxygen atoms in total. The normalized spacial score (nSPS) is 15.8. The van der Waals surface area contributed by atoms with Crippen LogP contribution in [0.15, 0.2) is 30.3 Å². The lowest BCUT2D eigenvalue weighted by atomic mass is 9.87. The van der Waals surface area contributed by atoms with Crippen LogP contribution in [0.2, 0.25) is 0 Å². The van der Waals surface area contributed by atoms with Gasteiger partial charge in [0.2, 0.25) is 0 Å². The minimum atomic E-state index is -1.44. The van der Waals surface area contributed by atoms with Gasteiger partial charge in [-0.1, -0.05) is 78.5 Å². The van der Waals surface area contributed by atoms with Crippen LogP contribution in [0.1, 0.15) is 31.7 Å². The molecule has 90 valence electrons. The van der Waals surface area contributed by atoms with Gasteiger partial charge < -0.3 is 5.11 Å². The molecular formula is C12H15Cl3O. The molecule has 0 bridgehead atoms. The molecule has 1 aromatic carbocycles. The van der Waals surface area contributed by atoms with Crippen LogP contribution in [0.3, 0.4) is 0 Å². The Kier molecular flexibility index (Phi) is 4.93. The summed E-state index contributed by atoms with van der Waals surface area (Å²) in [6, 6.07) is 9.34. The first-order chi connectivity index (χ1) is 7.37. The van der Waals surface area contributed by atoms with Gasteiger partial charge in [0, 0.05) is 6.42 Å². The van der Waals surface area contributed by atoms with Crippen LogP contribution in [-0.4, -0.2) is 8.90 Å². The van der Waals surface area contributed by atoms with Crippen LogP contribution in [0.4, 0.5) is 0 Å². The summed E-state index contributed by atoms with van der Waals surface area (Å²) >= 11 is 17.3. The van der Waals surface area contributed by atoms with Crippen LogP contribution >= 0.6 is 34.8 Å². The summed E-state index contributed by atoms with van der Waals surface area (Å²) in [6.45, 7) is 1.99. The van der Waals surface area contributed by atoms with Gasteiger partial charge in [-0.25, -0.2) is 0 Å². The molecule has 4 heteroatoms. The van der Waals surface area contributed by atoms with Gasteiger partial charge in [-0.05, 0) is 12.0 Å². The smallest absolute Gasteiger partial charge is 0.193 e. The summed E-state index contributed by atoms with van der Waals surface area (Å²) in [5.41, 5.74) is -0.274. The van der Waals surface area contributed by atoms with Crippen LogP contribution in [0.25, 0.3) is 0 Å². The van der Waals surface area contributed by atoms with Crippen molar-refractivity contribution in [2.45, 2.75) is 35.6 Å². The molecule has 16 heavy (non-hydrogen) atoms. The van der Waals surface area contributed by atoms with Crippen LogP contribution in [0.5, 0.6) is 0 Å². The van der Waals surface area contributed by atoms with Crippen molar-refractivity contribution in [3.8, 4) is 0 Å². The number of hydrogen-bond acceptors (Lipinski definition) is 1. The van der Waals surface area contributed by atoms with E-state index in [9.17, 15) is 5.11 Å². The zero-order chi connectivity index (χ0) is 12.2. The van der Waals surface area contributed by atoms with Crippen molar-refractivity contribution < 1.29 is 5.11 Å². The molecule has 1 unspecified atom stereocenters. The Morgan fingerprint density at radius 3 is 2.12 bits per heavy atom. The summed E-state index contributed by atoms with van der Waals surface area (Å²) in [7, 11) is 0. The third kappa shape index (κ3) is 4.14. The Balaban J connectivity index is 2.97. The lowest BCUT2D eigenvalue weighted by Crippen LogP contribution is -2.30. The van der Waals surface area contributed by atoms with Gasteiger partial charge in [-0.2, -0.15) is 0 Å². The average Bonchev–Trinajstić information content (AvgIpc) is 2.16. The molecule has 1 rings (SSSR count). The van der Waals surface area contributed by atoms with Gasteiger partial charge in [0.15, 0.2) is 3.79 Å². The van der Waals surface area contributed by atoms with Crippen molar-refractivity contribution in [2.24, 2.45) is 0 Å². The maximum Gasteiger partial charge on any atom is 0.193 e. The number of halogens is 3. The van der Waals surface area contributed by atoms with Crippen LogP contribution in [-0.2, 0) is 5.60 Å². The number of benzene rings is 1. The SMILES string of the molecule is CCCC(O)(CC(Cl)(Cl)Cl)c1ccccc1. The van der Waals surface area contributed by atoms with E-state index in [0.29, 0.717) is 6.42 Å². The fourth-order valence-corrected chi connectivity index (χ4v) is 2.49. The van der Waals surface area contributed by atoms with E-state index in [4.69, 9.17) is 34.8 Å². The first-order valence-corrected chi connectivity index (χ1v) is 6.35. The third-order valence-electron chi connectivity index (χ3n) is 2.47. The first-order valence-electron chi connectivity index (χ1n) is 5.22. The van der Waals surface area contributed by atoms with E-state index >= 15 is 0 Å². The zero-order valence-corrected chi connectivity index (χ0v) is 11.4. The Morgan fingerprint density at radius 1 is 1.12 bits per heavy atom. The lowest BCUT2D eigenvalue weighted by molar-refractivity contribution is 0.0189. The highest BCUT2D eigenvalue weighted by molar-refractivity contribution is 6.67. The highest BCUT2D eigenvalue weighted by Crippen LogP contribution is 2.42. The molecule has 0 aliphatic carbocycles. The second-order valence-electron chi connectivity index (χ2n) is 3.94. The average molecular weight is 282 g/mol. The van der Waals surface area contributed by atoms with Crippen molar-refractivity contribution in [2.75, 3.05) is 0 Å². The molecule has 1 atom stereocenters. The molecule has 0 fully saturated rings. The van der Waals surface area contributed by atoms with Crippen molar-refractivity contribution in [1.82, 2.24) is 0 Å². The number of rotatable bonds is 4. The predicted octanol–water partition coefficient (Wildman–Crippen LogP) is 4.43. The van der Waals surface area contributed by atoms with E-state index in [-0.39, 0.29) is 6.42 Å². The molecule has 0 aromatic heterocycles. The summed E-state index contributed by atoms with van der Waals surface area (Å²) in [5.74, 6) is 0. The van der Waals surface area contributed by atoms with Crippen molar-refractivity contribution >= 4 is 34.8 Å². The van der Waals surface area contributed by atoms with Crippen molar-refractivity contribution in [1.29, 1.82) is 0 Å². The standard InChI is InChI=1S/C12H15Cl3O/c1-2-8-11(16,9-12(13,14)15)10-6-4-3-5-7-10/h3-7,16H,2,8-9H2,1H3. The van der Waals surface area contributed by atoms with E-state index in [1.807, 2.05) is 37.3 Å². The van der Waals surface area contributed by atoms with Gasteiger partial charge in [-0.15, -0.1) is 0 Å². The maximum atomic E-state index is 10.6. The van der Waals surface area contributed by atoms with Crippen molar-refractivity contribution in [3.63, 3.8) is 0 Å². The van der Waals surface area contributed by atoms with Gasteiger partial charge in [-0.3, -0.25) is 0 Å². The van der Waals surface area contributed by atoms with E-state index < -0.39 is 9.39 Å². The lowest BCUT2D eigenvalue weighted by Gasteiger charge is -2.31. The highest BCUT2D eigenvalue weighted by Gasteiger charge is 2.37. The molecule has 1 N–H and O–H groups in total. The Bertz CT molecular complexity index is 321. The Morgan fingerprint density at radius 2 is 1.69 bits per heavy atom. The van der Waals surface area contributed by atoms with Crippen LogP contribution in [0, 0.1) is 0 Å². The Hall–Kier alpha value is 0.0500. The molecular weight excluding hydrogens is 266 g/mol. The van der Waals surface area contributed by atoms with E-state index in [2.05, 4.69) is 0 Å². The van der Waals surface area contributed by atoms with Gasteiger partial charge in [0.25, 0.3) is 0 Å². The molecule has 0 spiro atoms. The largest absolute Gasteiger partial charge is 0.385 e. The summed E-state index contributed by atoms with van der Waals surface area (Å²) < 4.78 is -1.44. The summed E-state index contributed by atoms with van der Waals surface area (Å²) in [4.78, 5) is 0. The van der Waals surface area contributed by atoms with Gasteiger partial charge in [0.1, 0.15) is 0 Å². The van der Waals surface area contributed by atoms with Gasteiger partial charge >= 0.3 is 0 Å². The molecule has 0 heterocycles. The monoisotopic (exact) mass is 280 g/mol. The zero-order valence-electron chi connectivity index (χ0n) is 9.09. The topological polar surface area (TPSA) is 20.2 Å². The highest BCUT2D eigenvalue weighted by atomic mass is 35.6. The summed E-state index contributed by atoms with van der Waals surface area (Å²) in [6.07, 6.45) is 1.50. The first kappa shape index (κ1) is 14.1. The second kappa shape index (κ2) is 5.59. The molecule has 0 amide bonds. The molecule has 0 aliphatic rings. The maximum absolute atomic E-state index is 10.6. The third-order valence-corrected chi connectivity index (χ3v) is 2.87. The predicted molar refractivity (Wildman–Crippen MR) is 70.2 cm³/mol. The minimum Gasteiger partial charge on any atom is -0.385 e. The number of alkyl halides is 3. The van der Waals surface area contributed by atoms with Gasteiger partial charge in [0.05, 0.1) is 5.60 Å². The minimum absolute atomic E-state index is 0.0997. The molecule has 1 aromatic rings. The second-order valence-corrected chi connectivity index (χ2v) is 6.46. The quantitative estimate of drug-likeness (QED) is 0.809. The number of hydrogen-bond donors (Lipinski definition) is 1. The Labute approximate surface area is 111 Å². The molecule has 0 radical (unpaired) electrons. The van der Waals surface area contributed by atoms with Crippen molar-refractivity contribution in [3.05, 3.63) is 35.9 Å². The fourth-order valence-electron chi connectivity index (χ4n) is 1.83. The summed E-state index contributed by atoms with van der Waals surface area (Å²) in [5, 5.41) is 10.6. The molecule has 0 saturated heterocycles. The van der Waals surface area contributed by atoms with E-state index in [0.717, 1.165) is 12.0 Å². The van der Waals surface area contributed by atoms with Crippen LogP contribution < -0.4 is 0 Å².